The Kier molecular flexibility index (Phi) is 4.94. The van der Waals surface area contributed by atoms with E-state index in [9.17, 15) is 4.79 Å². The van der Waals surface area contributed by atoms with E-state index in [2.05, 4.69) is 33.9 Å². The number of aromatic amines is 1. The molecule has 0 aromatic carbocycles. The van der Waals surface area contributed by atoms with Gasteiger partial charge in [0.15, 0.2) is 0 Å². The first-order valence-electron chi connectivity index (χ1n) is 9.94. The average Bonchev–Trinajstić information content (AvgIpc) is 3.23. The number of nitrogens with one attached hydrogen (secondary N) is 1. The topological polar surface area (TPSA) is 66.8 Å². The molecule has 0 atom stereocenters. The molecule has 0 spiro atoms. The van der Waals surface area contributed by atoms with E-state index in [1.807, 2.05) is 0 Å². The van der Waals surface area contributed by atoms with Gasteiger partial charge in [0.25, 0.3) is 5.56 Å². The standard InChI is InChI=1S/C20H29N5O/c1-14(2)18-10-20(26)25(13-21-18)11-15-6-8-24(9-7-15)12-19-16-4-3-5-17(16)22-23-19/h10,13-15H,3-9,11-12H2,1-2H3,(H,22,23). The maximum absolute atomic E-state index is 12.3. The molecule has 4 rings (SSSR count). The Balaban J connectivity index is 1.32. The summed E-state index contributed by atoms with van der Waals surface area (Å²) >= 11 is 0. The largest absolute Gasteiger partial charge is 0.299 e. The van der Waals surface area contributed by atoms with E-state index in [0.29, 0.717) is 11.8 Å². The van der Waals surface area contributed by atoms with Crippen molar-refractivity contribution in [2.75, 3.05) is 13.1 Å². The van der Waals surface area contributed by atoms with Gasteiger partial charge in [-0.15, -0.1) is 0 Å². The highest BCUT2D eigenvalue weighted by molar-refractivity contribution is 5.29. The first-order valence-corrected chi connectivity index (χ1v) is 9.94. The molecule has 0 amide bonds. The molecule has 26 heavy (non-hydrogen) atoms. The van der Waals surface area contributed by atoms with Gasteiger partial charge in [-0.25, -0.2) is 4.98 Å². The molecule has 1 aliphatic heterocycles. The van der Waals surface area contributed by atoms with Crippen LogP contribution in [0.4, 0.5) is 0 Å². The van der Waals surface area contributed by atoms with Crippen molar-refractivity contribution in [1.29, 1.82) is 0 Å². The number of hydrogen-bond donors (Lipinski definition) is 1. The third kappa shape index (κ3) is 3.61. The highest BCUT2D eigenvalue weighted by Gasteiger charge is 2.24. The van der Waals surface area contributed by atoms with Crippen LogP contribution in [0.2, 0.25) is 0 Å². The summed E-state index contributed by atoms with van der Waals surface area (Å²) in [6.07, 6.45) is 7.59. The maximum atomic E-state index is 12.3. The van der Waals surface area contributed by atoms with Crippen molar-refractivity contribution in [3.8, 4) is 0 Å². The zero-order valence-corrected chi connectivity index (χ0v) is 15.9. The van der Waals surface area contributed by atoms with Crippen molar-refractivity contribution in [2.45, 2.75) is 65.0 Å². The lowest BCUT2D eigenvalue weighted by atomic mass is 9.96. The van der Waals surface area contributed by atoms with E-state index in [1.165, 1.54) is 29.8 Å². The minimum absolute atomic E-state index is 0.0817. The van der Waals surface area contributed by atoms with Gasteiger partial charge >= 0.3 is 0 Å². The lowest BCUT2D eigenvalue weighted by Gasteiger charge is -2.31. The molecule has 0 radical (unpaired) electrons. The molecule has 6 heteroatoms. The molecule has 0 unspecified atom stereocenters. The van der Waals surface area contributed by atoms with Gasteiger partial charge in [-0.05, 0) is 62.6 Å². The Labute approximate surface area is 154 Å². The molecule has 2 aromatic heterocycles. The van der Waals surface area contributed by atoms with Crippen molar-refractivity contribution < 1.29 is 0 Å². The first-order chi connectivity index (χ1) is 12.6. The summed E-state index contributed by atoms with van der Waals surface area (Å²) in [5.74, 6) is 0.852. The van der Waals surface area contributed by atoms with Crippen molar-refractivity contribution in [3.05, 3.63) is 45.4 Å². The van der Waals surface area contributed by atoms with E-state index in [-0.39, 0.29) is 5.56 Å². The summed E-state index contributed by atoms with van der Waals surface area (Å²) in [5.41, 5.74) is 5.04. The van der Waals surface area contributed by atoms with Gasteiger partial charge in [-0.2, -0.15) is 5.10 Å². The summed E-state index contributed by atoms with van der Waals surface area (Å²) in [6.45, 7) is 8.04. The number of piperidine rings is 1. The molecular formula is C20H29N5O. The van der Waals surface area contributed by atoms with E-state index in [0.717, 1.165) is 51.1 Å². The van der Waals surface area contributed by atoms with Gasteiger partial charge in [0.05, 0.1) is 17.7 Å². The van der Waals surface area contributed by atoms with E-state index < -0.39 is 0 Å². The van der Waals surface area contributed by atoms with Gasteiger partial charge in [0.1, 0.15) is 0 Å². The minimum atomic E-state index is 0.0817. The van der Waals surface area contributed by atoms with Gasteiger partial charge in [-0.1, -0.05) is 13.8 Å². The highest BCUT2D eigenvalue weighted by atomic mass is 16.1. The smallest absolute Gasteiger partial charge is 0.253 e. The van der Waals surface area contributed by atoms with Crippen molar-refractivity contribution in [1.82, 2.24) is 24.6 Å². The molecule has 0 saturated carbocycles. The highest BCUT2D eigenvalue weighted by Crippen LogP contribution is 2.25. The maximum Gasteiger partial charge on any atom is 0.253 e. The summed E-state index contributed by atoms with van der Waals surface area (Å²) < 4.78 is 1.78. The van der Waals surface area contributed by atoms with Gasteiger partial charge in [-0.3, -0.25) is 19.4 Å². The van der Waals surface area contributed by atoms with Crippen LogP contribution in [0.1, 0.15) is 61.7 Å². The Morgan fingerprint density at radius 2 is 2.08 bits per heavy atom. The van der Waals surface area contributed by atoms with Gasteiger partial charge in [0.2, 0.25) is 0 Å². The number of likely N-dealkylation sites (tertiary alicyclic amines) is 1. The number of aromatic nitrogens is 4. The number of rotatable bonds is 5. The SMILES string of the molecule is CC(C)c1cc(=O)n(CC2CCN(Cc3n[nH]c4c3CCC4)CC2)cn1. The summed E-state index contributed by atoms with van der Waals surface area (Å²) in [6, 6.07) is 1.69. The quantitative estimate of drug-likeness (QED) is 0.895. The fraction of sp³-hybridized carbons (Fsp3) is 0.650. The number of fused-ring (bicyclic) bond motifs is 1. The van der Waals surface area contributed by atoms with Crippen LogP contribution < -0.4 is 5.56 Å². The summed E-state index contributed by atoms with van der Waals surface area (Å²) in [7, 11) is 0. The second-order valence-corrected chi connectivity index (χ2v) is 8.16. The van der Waals surface area contributed by atoms with E-state index in [1.54, 1.807) is 17.0 Å². The lowest BCUT2D eigenvalue weighted by molar-refractivity contribution is 0.164. The number of hydrogen-bond acceptors (Lipinski definition) is 4. The van der Waals surface area contributed by atoms with Crippen LogP contribution >= 0.6 is 0 Å². The molecule has 2 aliphatic rings. The molecule has 2 aromatic rings. The molecule has 3 heterocycles. The Bertz CT molecular complexity index is 814. The van der Waals surface area contributed by atoms with Crippen LogP contribution in [-0.2, 0) is 25.9 Å². The van der Waals surface area contributed by atoms with Crippen LogP contribution in [0.25, 0.3) is 0 Å². The molecule has 140 valence electrons. The first kappa shape index (κ1) is 17.5. The van der Waals surface area contributed by atoms with E-state index >= 15 is 0 Å². The van der Waals surface area contributed by atoms with Crippen molar-refractivity contribution in [3.63, 3.8) is 0 Å². The molecule has 0 bridgehead atoms. The summed E-state index contributed by atoms with van der Waals surface area (Å²) in [4.78, 5) is 19.3. The number of H-pyrrole nitrogens is 1. The lowest BCUT2D eigenvalue weighted by Crippen LogP contribution is -2.36. The van der Waals surface area contributed by atoms with Crippen LogP contribution in [0, 0.1) is 5.92 Å². The Hall–Kier alpha value is -1.95. The fourth-order valence-corrected chi connectivity index (χ4v) is 4.23. The molecule has 1 N–H and O–H groups in total. The Morgan fingerprint density at radius 3 is 2.81 bits per heavy atom. The fourth-order valence-electron chi connectivity index (χ4n) is 4.23. The second kappa shape index (κ2) is 7.35. The van der Waals surface area contributed by atoms with Crippen LogP contribution in [0.5, 0.6) is 0 Å². The zero-order valence-electron chi connectivity index (χ0n) is 15.9. The van der Waals surface area contributed by atoms with Gasteiger partial charge in [0, 0.05) is 24.8 Å². The number of nitrogens with zero attached hydrogens (tertiary/aromatic N) is 4. The molecule has 1 aliphatic carbocycles. The monoisotopic (exact) mass is 355 g/mol. The average molecular weight is 355 g/mol. The third-order valence-corrected chi connectivity index (χ3v) is 5.92. The minimum Gasteiger partial charge on any atom is -0.299 e. The second-order valence-electron chi connectivity index (χ2n) is 8.16. The molecule has 1 fully saturated rings. The van der Waals surface area contributed by atoms with Crippen LogP contribution in [0.3, 0.4) is 0 Å². The molecule has 6 nitrogen and oxygen atoms in total. The van der Waals surface area contributed by atoms with Crippen molar-refractivity contribution in [2.24, 2.45) is 5.92 Å². The van der Waals surface area contributed by atoms with Crippen LogP contribution in [-0.4, -0.2) is 37.7 Å². The number of aryl methyl sites for hydroxylation is 1. The summed E-state index contributed by atoms with van der Waals surface area (Å²) in [5, 5.41) is 7.75. The molecule has 1 saturated heterocycles. The molecular weight excluding hydrogens is 326 g/mol. The zero-order chi connectivity index (χ0) is 18.1. The third-order valence-electron chi connectivity index (χ3n) is 5.92. The van der Waals surface area contributed by atoms with Gasteiger partial charge < -0.3 is 0 Å². The van der Waals surface area contributed by atoms with Crippen LogP contribution in [0.15, 0.2) is 17.2 Å². The predicted molar refractivity (Wildman–Crippen MR) is 101 cm³/mol. The van der Waals surface area contributed by atoms with E-state index in [4.69, 9.17) is 0 Å². The Morgan fingerprint density at radius 1 is 1.27 bits per heavy atom. The van der Waals surface area contributed by atoms with Crippen molar-refractivity contribution >= 4 is 0 Å². The normalized spacial score (nSPS) is 18.6. The predicted octanol–water partition coefficient (Wildman–Crippen LogP) is 2.49.